The lowest BCUT2D eigenvalue weighted by atomic mass is 10.1. The van der Waals surface area contributed by atoms with E-state index in [0.29, 0.717) is 17.0 Å². The van der Waals surface area contributed by atoms with Crippen molar-refractivity contribution in [3.63, 3.8) is 0 Å². The molecule has 0 saturated heterocycles. The highest BCUT2D eigenvalue weighted by atomic mass is 79.9. The van der Waals surface area contributed by atoms with Crippen LogP contribution in [0, 0.1) is 5.92 Å². The van der Waals surface area contributed by atoms with Crippen molar-refractivity contribution in [2.45, 2.75) is 25.4 Å². The third-order valence-corrected chi connectivity index (χ3v) is 3.58. The van der Waals surface area contributed by atoms with Crippen LogP contribution in [-0.2, 0) is 4.79 Å². The van der Waals surface area contributed by atoms with Crippen LogP contribution in [-0.4, -0.2) is 23.7 Å². The number of furan rings is 1. The van der Waals surface area contributed by atoms with Crippen molar-refractivity contribution in [1.29, 1.82) is 0 Å². The van der Waals surface area contributed by atoms with Crippen LogP contribution < -0.4 is 5.32 Å². The first-order valence-electron chi connectivity index (χ1n) is 6.04. The molecule has 18 heavy (non-hydrogen) atoms. The monoisotopic (exact) mass is 313 g/mol. The molecule has 2 unspecified atom stereocenters. The van der Waals surface area contributed by atoms with Crippen molar-refractivity contribution in [3.05, 3.63) is 28.6 Å². The van der Waals surface area contributed by atoms with E-state index in [0.717, 1.165) is 19.3 Å². The zero-order valence-corrected chi connectivity index (χ0v) is 11.5. The standard InChI is InChI=1S/C13H16BrNO3/c14-12-6-4-10(18-12)5-7-13(17)15-8-9-2-1-3-11(9)16/h4-7,9,11,16H,1-3,8H2,(H,15,17). The van der Waals surface area contributed by atoms with Gasteiger partial charge in [0.25, 0.3) is 0 Å². The summed E-state index contributed by atoms with van der Waals surface area (Å²) in [6.07, 6.45) is 5.65. The van der Waals surface area contributed by atoms with Crippen molar-refractivity contribution in [2.75, 3.05) is 6.54 Å². The number of halogens is 1. The first kappa shape index (κ1) is 13.4. The third-order valence-electron chi connectivity index (χ3n) is 3.15. The Labute approximate surface area is 114 Å². The molecule has 1 aromatic heterocycles. The predicted octanol–water partition coefficient (Wildman–Crippen LogP) is 2.33. The summed E-state index contributed by atoms with van der Waals surface area (Å²) in [5.41, 5.74) is 0. The molecule has 0 aromatic carbocycles. The van der Waals surface area contributed by atoms with Gasteiger partial charge in [-0.15, -0.1) is 0 Å². The molecule has 4 nitrogen and oxygen atoms in total. The van der Waals surface area contributed by atoms with Gasteiger partial charge in [-0.1, -0.05) is 6.42 Å². The van der Waals surface area contributed by atoms with Gasteiger partial charge < -0.3 is 14.8 Å². The van der Waals surface area contributed by atoms with E-state index >= 15 is 0 Å². The maximum absolute atomic E-state index is 11.6. The Balaban J connectivity index is 1.76. The van der Waals surface area contributed by atoms with Gasteiger partial charge in [0, 0.05) is 18.5 Å². The van der Waals surface area contributed by atoms with Crippen molar-refractivity contribution in [2.24, 2.45) is 5.92 Å². The summed E-state index contributed by atoms with van der Waals surface area (Å²) in [7, 11) is 0. The Morgan fingerprint density at radius 2 is 2.39 bits per heavy atom. The van der Waals surface area contributed by atoms with Crippen LogP contribution in [0.1, 0.15) is 25.0 Å². The van der Waals surface area contributed by atoms with Crippen LogP contribution in [0.2, 0.25) is 0 Å². The lowest BCUT2D eigenvalue weighted by Crippen LogP contribution is -2.31. The molecule has 2 N–H and O–H groups in total. The van der Waals surface area contributed by atoms with Crippen molar-refractivity contribution in [3.8, 4) is 0 Å². The van der Waals surface area contributed by atoms with Crippen molar-refractivity contribution < 1.29 is 14.3 Å². The number of amides is 1. The van der Waals surface area contributed by atoms with Gasteiger partial charge in [-0.25, -0.2) is 0 Å². The second-order valence-electron chi connectivity index (χ2n) is 4.48. The Hall–Kier alpha value is -1.07. The van der Waals surface area contributed by atoms with Crippen molar-refractivity contribution in [1.82, 2.24) is 5.32 Å². The Morgan fingerprint density at radius 1 is 1.56 bits per heavy atom. The summed E-state index contributed by atoms with van der Waals surface area (Å²) in [6.45, 7) is 0.534. The molecule has 1 aromatic rings. The van der Waals surface area contributed by atoms with Crippen LogP contribution in [0.4, 0.5) is 0 Å². The number of nitrogens with one attached hydrogen (secondary N) is 1. The molecule has 0 bridgehead atoms. The van der Waals surface area contributed by atoms with E-state index in [1.165, 1.54) is 6.08 Å². The highest BCUT2D eigenvalue weighted by Crippen LogP contribution is 2.24. The molecule has 2 rings (SSSR count). The third kappa shape index (κ3) is 3.71. The lowest BCUT2D eigenvalue weighted by molar-refractivity contribution is -0.116. The summed E-state index contributed by atoms with van der Waals surface area (Å²) in [5.74, 6) is 0.652. The molecule has 0 spiro atoms. The second kappa shape index (κ2) is 6.20. The van der Waals surface area contributed by atoms with Gasteiger partial charge in [0.05, 0.1) is 6.10 Å². The van der Waals surface area contributed by atoms with Crippen LogP contribution >= 0.6 is 15.9 Å². The summed E-state index contributed by atoms with van der Waals surface area (Å²) in [5, 5.41) is 12.4. The minimum Gasteiger partial charge on any atom is -0.450 e. The van der Waals surface area contributed by atoms with E-state index in [1.54, 1.807) is 18.2 Å². The van der Waals surface area contributed by atoms with E-state index in [9.17, 15) is 9.90 Å². The Bertz CT molecular complexity index is 441. The van der Waals surface area contributed by atoms with E-state index < -0.39 is 0 Å². The molecule has 0 aliphatic heterocycles. The lowest BCUT2D eigenvalue weighted by Gasteiger charge is -2.13. The molecule has 5 heteroatoms. The fourth-order valence-electron chi connectivity index (χ4n) is 2.12. The van der Waals surface area contributed by atoms with Crippen LogP contribution in [0.25, 0.3) is 6.08 Å². The summed E-state index contributed by atoms with van der Waals surface area (Å²) >= 11 is 3.19. The maximum Gasteiger partial charge on any atom is 0.244 e. The number of hydrogen-bond acceptors (Lipinski definition) is 3. The van der Waals surface area contributed by atoms with Gasteiger partial charge in [-0.3, -0.25) is 4.79 Å². The molecule has 0 radical (unpaired) electrons. The van der Waals surface area contributed by atoms with Gasteiger partial charge in [-0.05, 0) is 47.0 Å². The van der Waals surface area contributed by atoms with E-state index in [4.69, 9.17) is 4.42 Å². The number of aliphatic hydroxyl groups excluding tert-OH is 1. The fraction of sp³-hybridized carbons (Fsp3) is 0.462. The van der Waals surface area contributed by atoms with E-state index in [2.05, 4.69) is 21.2 Å². The molecular weight excluding hydrogens is 298 g/mol. The molecule has 98 valence electrons. The Morgan fingerprint density at radius 3 is 3.00 bits per heavy atom. The zero-order chi connectivity index (χ0) is 13.0. The second-order valence-corrected chi connectivity index (χ2v) is 5.26. The average molecular weight is 314 g/mol. The molecule has 1 fully saturated rings. The topological polar surface area (TPSA) is 62.5 Å². The zero-order valence-electron chi connectivity index (χ0n) is 9.93. The first-order chi connectivity index (χ1) is 8.65. The van der Waals surface area contributed by atoms with Crippen LogP contribution in [0.3, 0.4) is 0 Å². The number of hydrogen-bond donors (Lipinski definition) is 2. The molecule has 1 aliphatic rings. The number of carbonyl (C=O) groups excluding carboxylic acids is 1. The summed E-state index contributed by atoms with van der Waals surface area (Å²) < 4.78 is 5.87. The van der Waals surface area contributed by atoms with Crippen LogP contribution in [0.5, 0.6) is 0 Å². The van der Waals surface area contributed by atoms with Crippen molar-refractivity contribution >= 4 is 27.9 Å². The molecule has 1 aliphatic carbocycles. The Kier molecular flexibility index (Phi) is 4.60. The number of rotatable bonds is 4. The highest BCUT2D eigenvalue weighted by molar-refractivity contribution is 9.10. The molecule has 1 saturated carbocycles. The van der Waals surface area contributed by atoms with Gasteiger partial charge >= 0.3 is 0 Å². The highest BCUT2D eigenvalue weighted by Gasteiger charge is 2.24. The smallest absolute Gasteiger partial charge is 0.244 e. The first-order valence-corrected chi connectivity index (χ1v) is 6.84. The van der Waals surface area contributed by atoms with E-state index in [1.807, 2.05) is 0 Å². The van der Waals surface area contributed by atoms with E-state index in [-0.39, 0.29) is 17.9 Å². The fourth-order valence-corrected chi connectivity index (χ4v) is 2.44. The number of aliphatic hydroxyl groups is 1. The SMILES string of the molecule is O=C(C=Cc1ccc(Br)o1)NCC1CCCC1O. The maximum atomic E-state index is 11.6. The summed E-state index contributed by atoms with van der Waals surface area (Å²) in [4.78, 5) is 11.6. The molecule has 1 amide bonds. The van der Waals surface area contributed by atoms with Gasteiger partial charge in [-0.2, -0.15) is 0 Å². The quantitative estimate of drug-likeness (QED) is 0.839. The van der Waals surface area contributed by atoms with Gasteiger partial charge in [0.15, 0.2) is 4.67 Å². The largest absolute Gasteiger partial charge is 0.450 e. The molecular formula is C13H16BrNO3. The van der Waals surface area contributed by atoms with Crippen LogP contribution in [0.15, 0.2) is 27.3 Å². The summed E-state index contributed by atoms with van der Waals surface area (Å²) in [6, 6.07) is 3.54. The predicted molar refractivity (Wildman–Crippen MR) is 71.8 cm³/mol. The number of carbonyl (C=O) groups is 1. The minimum absolute atomic E-state index is 0.165. The minimum atomic E-state index is -0.268. The van der Waals surface area contributed by atoms with Gasteiger partial charge in [0.2, 0.25) is 5.91 Å². The average Bonchev–Trinajstić information content (AvgIpc) is 2.93. The normalized spacial score (nSPS) is 23.7. The van der Waals surface area contributed by atoms with Gasteiger partial charge in [0.1, 0.15) is 5.76 Å². The molecule has 1 heterocycles. The molecule has 2 atom stereocenters.